The Kier molecular flexibility index (Phi) is 4.14. The summed E-state index contributed by atoms with van der Waals surface area (Å²) >= 11 is 0. The van der Waals surface area contributed by atoms with E-state index in [1.807, 2.05) is 32.9 Å². The minimum absolute atomic E-state index is 0.165. The van der Waals surface area contributed by atoms with Gasteiger partial charge in [-0.25, -0.2) is 4.98 Å². The highest BCUT2D eigenvalue weighted by Crippen LogP contribution is 2.19. The van der Waals surface area contributed by atoms with Gasteiger partial charge in [0.1, 0.15) is 11.5 Å². The molecular weight excluding hydrogens is 290 g/mol. The lowest BCUT2D eigenvalue weighted by atomic mass is 10.2. The topological polar surface area (TPSA) is 75.6 Å². The van der Waals surface area contributed by atoms with Crippen molar-refractivity contribution in [2.75, 3.05) is 0 Å². The Labute approximate surface area is 134 Å². The second-order valence-corrected chi connectivity index (χ2v) is 5.63. The number of hydrogen-bond donors (Lipinski definition) is 2. The molecule has 0 unspecified atom stereocenters. The zero-order chi connectivity index (χ0) is 16.4. The highest BCUT2D eigenvalue weighted by atomic mass is 16.2. The van der Waals surface area contributed by atoms with Crippen LogP contribution in [0.5, 0.6) is 0 Å². The monoisotopic (exact) mass is 311 g/mol. The molecule has 0 fully saturated rings. The zero-order valence-corrected chi connectivity index (χ0v) is 13.6. The van der Waals surface area contributed by atoms with Crippen LogP contribution in [0.2, 0.25) is 0 Å². The molecule has 1 atom stereocenters. The van der Waals surface area contributed by atoms with E-state index in [2.05, 4.69) is 26.4 Å². The lowest BCUT2D eigenvalue weighted by Crippen LogP contribution is -2.29. The van der Waals surface area contributed by atoms with Crippen molar-refractivity contribution in [1.29, 1.82) is 0 Å². The van der Waals surface area contributed by atoms with E-state index in [1.54, 1.807) is 16.9 Å². The van der Waals surface area contributed by atoms with Gasteiger partial charge >= 0.3 is 0 Å². The minimum atomic E-state index is -0.180. The Balaban J connectivity index is 1.81. The molecule has 0 aliphatic carbocycles. The van der Waals surface area contributed by atoms with E-state index in [-0.39, 0.29) is 11.9 Å². The van der Waals surface area contributed by atoms with Gasteiger partial charge in [-0.1, -0.05) is 13.0 Å². The van der Waals surface area contributed by atoms with E-state index in [4.69, 9.17) is 0 Å². The van der Waals surface area contributed by atoms with Crippen molar-refractivity contribution in [1.82, 2.24) is 25.1 Å². The van der Waals surface area contributed by atoms with Crippen LogP contribution in [-0.2, 0) is 6.54 Å². The summed E-state index contributed by atoms with van der Waals surface area (Å²) in [4.78, 5) is 20.3. The first-order valence-electron chi connectivity index (χ1n) is 7.91. The quantitative estimate of drug-likeness (QED) is 0.760. The van der Waals surface area contributed by atoms with Crippen molar-refractivity contribution in [3.63, 3.8) is 0 Å². The van der Waals surface area contributed by atoms with Crippen LogP contribution in [0.25, 0.3) is 11.0 Å². The van der Waals surface area contributed by atoms with Gasteiger partial charge in [0.25, 0.3) is 5.91 Å². The third kappa shape index (κ3) is 3.11. The molecule has 0 bridgehead atoms. The molecule has 6 nitrogen and oxygen atoms in total. The predicted molar refractivity (Wildman–Crippen MR) is 89.2 cm³/mol. The fourth-order valence-electron chi connectivity index (χ4n) is 2.56. The van der Waals surface area contributed by atoms with E-state index in [9.17, 15) is 4.79 Å². The zero-order valence-electron chi connectivity index (χ0n) is 13.6. The van der Waals surface area contributed by atoms with Crippen LogP contribution in [0.3, 0.4) is 0 Å². The standard InChI is InChI=1S/C17H21N5O/c1-4-12(20-17(23)14-8-9-22(5-2)21-14)16-18-13-7-6-11(3)10-15(13)19-16/h6-10,12H,4-5H2,1-3H3,(H,18,19)(H,20,23)/t12-/m0/s1. The van der Waals surface area contributed by atoms with Crippen LogP contribution in [0.4, 0.5) is 0 Å². The summed E-state index contributed by atoms with van der Waals surface area (Å²) in [5.74, 6) is 0.595. The van der Waals surface area contributed by atoms with Gasteiger partial charge in [0, 0.05) is 12.7 Å². The van der Waals surface area contributed by atoms with Gasteiger partial charge < -0.3 is 10.3 Å². The number of hydrogen-bond acceptors (Lipinski definition) is 3. The maximum atomic E-state index is 12.4. The van der Waals surface area contributed by atoms with Gasteiger partial charge in [0.05, 0.1) is 17.1 Å². The third-order valence-electron chi connectivity index (χ3n) is 3.90. The van der Waals surface area contributed by atoms with Gasteiger partial charge in [-0.05, 0) is 44.0 Å². The number of aromatic nitrogens is 4. The summed E-state index contributed by atoms with van der Waals surface area (Å²) in [5.41, 5.74) is 3.50. The smallest absolute Gasteiger partial charge is 0.272 e. The molecule has 0 saturated carbocycles. The van der Waals surface area contributed by atoms with Gasteiger partial charge in [-0.3, -0.25) is 9.48 Å². The Hall–Kier alpha value is -2.63. The first-order chi connectivity index (χ1) is 11.1. The van der Waals surface area contributed by atoms with E-state index < -0.39 is 0 Å². The molecule has 0 saturated heterocycles. The average Bonchev–Trinajstić information content (AvgIpc) is 3.18. The number of amides is 1. The van der Waals surface area contributed by atoms with Crippen molar-refractivity contribution in [2.24, 2.45) is 0 Å². The number of H-pyrrole nitrogens is 1. The molecule has 0 radical (unpaired) electrons. The fraction of sp³-hybridized carbons (Fsp3) is 0.353. The lowest BCUT2D eigenvalue weighted by molar-refractivity contribution is 0.0928. The highest BCUT2D eigenvalue weighted by Gasteiger charge is 2.19. The minimum Gasteiger partial charge on any atom is -0.341 e. The summed E-state index contributed by atoms with van der Waals surface area (Å²) < 4.78 is 1.74. The molecule has 0 spiro atoms. The van der Waals surface area contributed by atoms with E-state index in [0.29, 0.717) is 5.69 Å². The summed E-state index contributed by atoms with van der Waals surface area (Å²) in [6, 6.07) is 7.64. The molecule has 0 aliphatic heterocycles. The summed E-state index contributed by atoms with van der Waals surface area (Å²) in [6.07, 6.45) is 2.55. The van der Waals surface area contributed by atoms with Gasteiger partial charge in [-0.2, -0.15) is 5.10 Å². The highest BCUT2D eigenvalue weighted by molar-refractivity contribution is 5.92. The van der Waals surface area contributed by atoms with Crippen LogP contribution >= 0.6 is 0 Å². The van der Waals surface area contributed by atoms with Crippen molar-refractivity contribution in [3.8, 4) is 0 Å². The number of aryl methyl sites for hydroxylation is 2. The maximum Gasteiger partial charge on any atom is 0.272 e. The molecule has 6 heteroatoms. The van der Waals surface area contributed by atoms with Crippen LogP contribution in [0.15, 0.2) is 30.5 Å². The molecule has 0 aliphatic rings. The molecule has 3 aromatic rings. The van der Waals surface area contributed by atoms with Gasteiger partial charge in [0.2, 0.25) is 0 Å². The van der Waals surface area contributed by atoms with Crippen molar-refractivity contribution >= 4 is 16.9 Å². The molecule has 120 valence electrons. The SMILES string of the molecule is CC[C@H](NC(=O)c1ccn(CC)n1)c1nc2ccc(C)cc2[nH]1. The molecule has 1 aromatic carbocycles. The van der Waals surface area contributed by atoms with Crippen molar-refractivity contribution < 1.29 is 4.79 Å². The molecule has 23 heavy (non-hydrogen) atoms. The summed E-state index contributed by atoms with van der Waals surface area (Å²) in [5, 5.41) is 7.24. The largest absolute Gasteiger partial charge is 0.341 e. The Morgan fingerprint density at radius 2 is 2.17 bits per heavy atom. The van der Waals surface area contributed by atoms with Gasteiger partial charge in [0.15, 0.2) is 0 Å². The number of benzene rings is 1. The first-order valence-corrected chi connectivity index (χ1v) is 7.91. The van der Waals surface area contributed by atoms with Crippen LogP contribution in [-0.4, -0.2) is 25.7 Å². The third-order valence-corrected chi connectivity index (χ3v) is 3.90. The summed E-state index contributed by atoms with van der Waals surface area (Å²) in [6.45, 7) is 6.80. The summed E-state index contributed by atoms with van der Waals surface area (Å²) in [7, 11) is 0. The van der Waals surface area contributed by atoms with Crippen LogP contribution in [0, 0.1) is 6.92 Å². The average molecular weight is 311 g/mol. The number of nitrogens with zero attached hydrogens (tertiary/aromatic N) is 3. The van der Waals surface area contributed by atoms with Crippen LogP contribution < -0.4 is 5.32 Å². The predicted octanol–water partition coefficient (Wildman–Crippen LogP) is 2.97. The molecule has 1 amide bonds. The number of carbonyl (C=O) groups excluding carboxylic acids is 1. The second-order valence-electron chi connectivity index (χ2n) is 5.63. The van der Waals surface area contributed by atoms with E-state index in [0.717, 1.165) is 29.8 Å². The molecule has 3 rings (SSSR count). The van der Waals surface area contributed by atoms with Crippen molar-refractivity contribution in [2.45, 2.75) is 39.8 Å². The Morgan fingerprint density at radius 3 is 2.87 bits per heavy atom. The normalized spacial score (nSPS) is 12.5. The Morgan fingerprint density at radius 1 is 1.35 bits per heavy atom. The number of rotatable bonds is 5. The van der Waals surface area contributed by atoms with Gasteiger partial charge in [-0.15, -0.1) is 0 Å². The molecular formula is C17H21N5O. The van der Waals surface area contributed by atoms with E-state index in [1.165, 1.54) is 5.56 Å². The number of fused-ring (bicyclic) bond motifs is 1. The number of imidazole rings is 1. The number of aromatic amines is 1. The maximum absolute atomic E-state index is 12.4. The lowest BCUT2D eigenvalue weighted by Gasteiger charge is -2.13. The van der Waals surface area contributed by atoms with E-state index >= 15 is 0 Å². The fourth-order valence-corrected chi connectivity index (χ4v) is 2.56. The number of nitrogens with one attached hydrogen (secondary N) is 2. The molecule has 2 heterocycles. The molecule has 2 N–H and O–H groups in total. The number of carbonyl (C=O) groups is 1. The van der Waals surface area contributed by atoms with Crippen LogP contribution in [0.1, 0.15) is 48.2 Å². The molecule has 2 aromatic heterocycles. The first kappa shape index (κ1) is 15.3. The van der Waals surface area contributed by atoms with Crippen molar-refractivity contribution in [3.05, 3.63) is 47.5 Å². The second kappa shape index (κ2) is 6.24. The Bertz CT molecular complexity index is 832.